The first-order valence-corrected chi connectivity index (χ1v) is 15.4. The van der Waals surface area contributed by atoms with Gasteiger partial charge in [0.05, 0.1) is 17.7 Å². The molecule has 1 aliphatic rings. The number of rotatable bonds is 11. The minimum atomic E-state index is -4.17. The van der Waals surface area contributed by atoms with Crippen LogP contribution in [0.3, 0.4) is 0 Å². The maximum Gasteiger partial charge on any atom is 0.264 e. The Morgan fingerprint density at radius 2 is 1.63 bits per heavy atom. The molecule has 1 atom stereocenters. The number of nitrogens with one attached hydrogen (secondary N) is 1. The third-order valence-corrected chi connectivity index (χ3v) is 9.29. The number of amides is 2. The van der Waals surface area contributed by atoms with Crippen LogP contribution in [-0.2, 0) is 26.2 Å². The number of carbonyl (C=O) groups excluding carboxylic acids is 2. The van der Waals surface area contributed by atoms with Gasteiger partial charge in [0.2, 0.25) is 11.8 Å². The van der Waals surface area contributed by atoms with Gasteiger partial charge in [0.25, 0.3) is 10.0 Å². The van der Waals surface area contributed by atoms with E-state index in [0.717, 1.165) is 46.7 Å². The van der Waals surface area contributed by atoms with E-state index in [0.29, 0.717) is 5.75 Å². The Labute approximate surface area is 243 Å². The summed E-state index contributed by atoms with van der Waals surface area (Å²) in [6.07, 6.45) is 3.97. The Hall–Kier alpha value is -3.85. The fourth-order valence-electron chi connectivity index (χ4n) is 5.21. The van der Waals surface area contributed by atoms with Crippen LogP contribution in [0.4, 0.5) is 5.69 Å². The average Bonchev–Trinajstić information content (AvgIpc) is 3.47. The second-order valence-electron chi connectivity index (χ2n) is 10.7. The lowest BCUT2D eigenvalue weighted by atomic mass is 10.1. The molecule has 0 spiro atoms. The molecular formula is C32H39N3O5S. The normalized spacial score (nSPS) is 14.3. The predicted octanol–water partition coefficient (Wildman–Crippen LogP) is 4.98. The van der Waals surface area contributed by atoms with E-state index in [-0.39, 0.29) is 29.1 Å². The maximum atomic E-state index is 14.2. The van der Waals surface area contributed by atoms with Gasteiger partial charge in [-0.2, -0.15) is 0 Å². The molecule has 3 aromatic carbocycles. The first kappa shape index (κ1) is 30.1. The van der Waals surface area contributed by atoms with Crippen molar-refractivity contribution >= 4 is 27.5 Å². The molecule has 0 unspecified atom stereocenters. The Bertz CT molecular complexity index is 1470. The fraction of sp³-hybridized carbons (Fsp3) is 0.375. The number of hydrogen-bond donors (Lipinski definition) is 1. The zero-order valence-corrected chi connectivity index (χ0v) is 25.0. The minimum Gasteiger partial charge on any atom is -0.495 e. The average molecular weight is 578 g/mol. The molecule has 1 aliphatic carbocycles. The highest BCUT2D eigenvalue weighted by molar-refractivity contribution is 7.92. The molecule has 0 aliphatic heterocycles. The number of nitrogens with zero attached hydrogens (tertiary/aromatic N) is 2. The third kappa shape index (κ3) is 7.27. The molecule has 1 fully saturated rings. The Kier molecular flexibility index (Phi) is 9.70. The van der Waals surface area contributed by atoms with Gasteiger partial charge in [0.15, 0.2) is 0 Å². The highest BCUT2D eigenvalue weighted by Crippen LogP contribution is 2.33. The van der Waals surface area contributed by atoms with Gasteiger partial charge in [-0.05, 0) is 69.0 Å². The van der Waals surface area contributed by atoms with Crippen LogP contribution in [0.25, 0.3) is 0 Å². The van der Waals surface area contributed by atoms with Gasteiger partial charge in [-0.1, -0.05) is 66.9 Å². The standard InChI is InChI=1S/C32H39N3O5S/c1-23-11-10-12-26(19-23)21-34(25(3)32(37)33-27-13-8-9-14-27)31(36)22-35(29-20-24(2)17-18-30(29)40-4)41(38,39)28-15-6-5-7-16-28/h5-7,10-12,15-20,25,27H,8-9,13-14,21-22H2,1-4H3,(H,33,37)/t25-/m1/s1. The maximum absolute atomic E-state index is 14.2. The van der Waals surface area contributed by atoms with Gasteiger partial charge < -0.3 is 15.0 Å². The van der Waals surface area contributed by atoms with Crippen LogP contribution < -0.4 is 14.4 Å². The summed E-state index contributed by atoms with van der Waals surface area (Å²) in [5.74, 6) is -0.424. The molecule has 8 nitrogen and oxygen atoms in total. The fourth-order valence-corrected chi connectivity index (χ4v) is 6.65. The van der Waals surface area contributed by atoms with Crippen LogP contribution >= 0.6 is 0 Å². The van der Waals surface area contributed by atoms with E-state index in [9.17, 15) is 18.0 Å². The summed E-state index contributed by atoms with van der Waals surface area (Å²) in [4.78, 5) is 29.0. The summed E-state index contributed by atoms with van der Waals surface area (Å²) in [6.45, 7) is 5.15. The van der Waals surface area contributed by atoms with Crippen molar-refractivity contribution in [2.45, 2.75) is 70.0 Å². The molecule has 3 aromatic rings. The Morgan fingerprint density at radius 1 is 0.951 bits per heavy atom. The predicted molar refractivity (Wildman–Crippen MR) is 160 cm³/mol. The molecule has 0 radical (unpaired) electrons. The summed E-state index contributed by atoms with van der Waals surface area (Å²) < 4.78 is 34.7. The van der Waals surface area contributed by atoms with E-state index in [1.165, 1.54) is 24.1 Å². The van der Waals surface area contributed by atoms with E-state index >= 15 is 0 Å². The lowest BCUT2D eigenvalue weighted by Gasteiger charge is -2.33. The molecule has 41 heavy (non-hydrogen) atoms. The molecule has 0 heterocycles. The number of methoxy groups -OCH3 is 1. The molecule has 1 N–H and O–H groups in total. The van der Waals surface area contributed by atoms with Crippen molar-refractivity contribution in [1.82, 2.24) is 10.2 Å². The summed E-state index contributed by atoms with van der Waals surface area (Å²) in [7, 11) is -2.71. The zero-order valence-electron chi connectivity index (χ0n) is 24.2. The highest BCUT2D eigenvalue weighted by atomic mass is 32.2. The smallest absolute Gasteiger partial charge is 0.264 e. The van der Waals surface area contributed by atoms with Crippen molar-refractivity contribution in [3.63, 3.8) is 0 Å². The molecule has 218 valence electrons. The van der Waals surface area contributed by atoms with E-state index in [1.807, 2.05) is 44.2 Å². The molecule has 9 heteroatoms. The van der Waals surface area contributed by atoms with E-state index in [1.54, 1.807) is 37.3 Å². The Morgan fingerprint density at radius 3 is 2.29 bits per heavy atom. The molecule has 0 aromatic heterocycles. The number of benzene rings is 3. The zero-order chi connectivity index (χ0) is 29.6. The number of anilines is 1. The monoisotopic (exact) mass is 577 g/mol. The first-order chi connectivity index (χ1) is 19.6. The van der Waals surface area contributed by atoms with Crippen molar-refractivity contribution in [1.29, 1.82) is 0 Å². The van der Waals surface area contributed by atoms with Crippen molar-refractivity contribution in [2.75, 3.05) is 18.0 Å². The number of hydrogen-bond acceptors (Lipinski definition) is 5. The van der Waals surface area contributed by atoms with Crippen LogP contribution in [0.15, 0.2) is 77.7 Å². The van der Waals surface area contributed by atoms with Crippen LogP contribution in [0.1, 0.15) is 49.3 Å². The van der Waals surface area contributed by atoms with Crippen molar-refractivity contribution in [3.8, 4) is 5.75 Å². The minimum absolute atomic E-state index is 0.0496. The topological polar surface area (TPSA) is 96.0 Å². The van der Waals surface area contributed by atoms with Crippen LogP contribution in [0.5, 0.6) is 5.75 Å². The summed E-state index contributed by atoms with van der Waals surface area (Å²) >= 11 is 0. The molecule has 1 saturated carbocycles. The van der Waals surface area contributed by atoms with E-state index in [2.05, 4.69) is 5.32 Å². The summed E-state index contributed by atoms with van der Waals surface area (Å²) in [5, 5.41) is 3.09. The second-order valence-corrected chi connectivity index (χ2v) is 12.5. The van der Waals surface area contributed by atoms with E-state index < -0.39 is 28.5 Å². The quantitative estimate of drug-likeness (QED) is 0.347. The van der Waals surface area contributed by atoms with Crippen molar-refractivity contribution < 1.29 is 22.7 Å². The van der Waals surface area contributed by atoms with Crippen LogP contribution in [-0.4, -0.2) is 50.9 Å². The third-order valence-electron chi connectivity index (χ3n) is 7.52. The van der Waals surface area contributed by atoms with Crippen LogP contribution in [0.2, 0.25) is 0 Å². The van der Waals surface area contributed by atoms with Gasteiger partial charge >= 0.3 is 0 Å². The van der Waals surface area contributed by atoms with Crippen molar-refractivity contribution in [3.05, 3.63) is 89.5 Å². The Balaban J connectivity index is 1.73. The number of ether oxygens (including phenoxy) is 1. The molecule has 2 amide bonds. The lowest BCUT2D eigenvalue weighted by Crippen LogP contribution is -2.52. The largest absolute Gasteiger partial charge is 0.495 e. The second kappa shape index (κ2) is 13.2. The summed E-state index contributed by atoms with van der Waals surface area (Å²) in [6, 6.07) is 20.2. The van der Waals surface area contributed by atoms with E-state index in [4.69, 9.17) is 4.74 Å². The van der Waals surface area contributed by atoms with Gasteiger partial charge in [0, 0.05) is 12.6 Å². The first-order valence-electron chi connectivity index (χ1n) is 14.0. The molecule has 0 bridgehead atoms. The number of sulfonamides is 1. The van der Waals surface area contributed by atoms with Gasteiger partial charge in [-0.15, -0.1) is 0 Å². The molecule has 0 saturated heterocycles. The SMILES string of the molecule is COc1ccc(C)cc1N(CC(=O)N(Cc1cccc(C)c1)[C@H](C)C(=O)NC1CCCC1)S(=O)(=O)c1ccccc1. The number of aryl methyl sites for hydroxylation is 2. The lowest BCUT2D eigenvalue weighted by molar-refractivity contribution is -0.139. The molecular weight excluding hydrogens is 538 g/mol. The molecule has 4 rings (SSSR count). The van der Waals surface area contributed by atoms with Gasteiger partial charge in [0.1, 0.15) is 18.3 Å². The summed E-state index contributed by atoms with van der Waals surface area (Å²) in [5.41, 5.74) is 2.94. The van der Waals surface area contributed by atoms with Gasteiger partial charge in [-0.25, -0.2) is 8.42 Å². The number of carbonyl (C=O) groups is 2. The highest BCUT2D eigenvalue weighted by Gasteiger charge is 2.34. The van der Waals surface area contributed by atoms with Crippen LogP contribution in [0, 0.1) is 13.8 Å². The van der Waals surface area contributed by atoms with Gasteiger partial charge in [-0.3, -0.25) is 13.9 Å². The van der Waals surface area contributed by atoms with Crippen molar-refractivity contribution in [2.24, 2.45) is 0 Å².